The summed E-state index contributed by atoms with van der Waals surface area (Å²) >= 11 is 0. The summed E-state index contributed by atoms with van der Waals surface area (Å²) in [5.41, 5.74) is 1.89. The fourth-order valence-corrected chi connectivity index (χ4v) is 4.08. The highest BCUT2D eigenvalue weighted by atomic mass is 32.2. The third-order valence-electron chi connectivity index (χ3n) is 3.36. The predicted molar refractivity (Wildman–Crippen MR) is 85.7 cm³/mol. The SMILES string of the molecule is COC(=O)C(C(C)C)S(=O)(=O)Nc1c(C)cc(OC)cc1C. The van der Waals surface area contributed by atoms with E-state index in [4.69, 9.17) is 4.74 Å². The second-order valence-corrected chi connectivity index (χ2v) is 7.27. The van der Waals surface area contributed by atoms with E-state index in [1.807, 2.05) is 0 Å². The van der Waals surface area contributed by atoms with Crippen LogP contribution in [0.2, 0.25) is 0 Å². The lowest BCUT2D eigenvalue weighted by molar-refractivity contribution is -0.140. The van der Waals surface area contributed by atoms with Gasteiger partial charge in [0.1, 0.15) is 5.75 Å². The van der Waals surface area contributed by atoms with Crippen molar-refractivity contribution in [2.24, 2.45) is 5.92 Å². The van der Waals surface area contributed by atoms with Crippen LogP contribution >= 0.6 is 0 Å². The lowest BCUT2D eigenvalue weighted by atomic mass is 10.1. The van der Waals surface area contributed by atoms with Gasteiger partial charge in [-0.25, -0.2) is 8.42 Å². The Balaban J connectivity index is 3.24. The van der Waals surface area contributed by atoms with Gasteiger partial charge >= 0.3 is 5.97 Å². The van der Waals surface area contributed by atoms with E-state index in [0.29, 0.717) is 22.6 Å². The highest BCUT2D eigenvalue weighted by molar-refractivity contribution is 7.94. The normalized spacial score (nSPS) is 12.9. The molecule has 0 aliphatic rings. The van der Waals surface area contributed by atoms with Gasteiger partial charge in [-0.15, -0.1) is 0 Å². The number of nitrogens with one attached hydrogen (secondary N) is 1. The van der Waals surface area contributed by atoms with Crippen LogP contribution in [0, 0.1) is 19.8 Å². The monoisotopic (exact) mass is 329 g/mol. The first kappa shape index (κ1) is 18.3. The zero-order chi connectivity index (χ0) is 17.1. The van der Waals surface area contributed by atoms with Crippen LogP contribution in [0.15, 0.2) is 12.1 Å². The molecular weight excluding hydrogens is 306 g/mol. The number of carbonyl (C=O) groups is 1. The molecule has 1 unspecified atom stereocenters. The molecule has 7 heteroatoms. The third kappa shape index (κ3) is 3.91. The summed E-state index contributed by atoms with van der Waals surface area (Å²) in [5.74, 6) is -0.540. The summed E-state index contributed by atoms with van der Waals surface area (Å²) in [6.45, 7) is 6.87. The second kappa shape index (κ2) is 7.00. The van der Waals surface area contributed by atoms with Gasteiger partial charge in [0, 0.05) is 0 Å². The number of benzene rings is 1. The average Bonchev–Trinajstić information content (AvgIpc) is 2.41. The van der Waals surface area contributed by atoms with Crippen molar-refractivity contribution in [2.75, 3.05) is 18.9 Å². The molecule has 0 fully saturated rings. The molecular formula is C15H23NO5S. The van der Waals surface area contributed by atoms with Gasteiger partial charge in [0.15, 0.2) is 5.25 Å². The maximum atomic E-state index is 12.6. The molecule has 0 radical (unpaired) electrons. The smallest absolute Gasteiger partial charge is 0.326 e. The van der Waals surface area contributed by atoms with Gasteiger partial charge in [-0.2, -0.15) is 0 Å². The molecule has 0 aromatic heterocycles. The highest BCUT2D eigenvalue weighted by Crippen LogP contribution is 2.28. The standard InChI is InChI=1S/C15H23NO5S/c1-9(2)14(15(17)21-6)22(18,19)16-13-10(3)7-12(20-5)8-11(13)4/h7-9,14,16H,1-6H3. The number of hydrogen-bond donors (Lipinski definition) is 1. The molecule has 0 bridgehead atoms. The zero-order valence-corrected chi connectivity index (χ0v) is 14.6. The number of esters is 1. The molecule has 124 valence electrons. The maximum absolute atomic E-state index is 12.6. The van der Waals surface area contributed by atoms with Crippen LogP contribution in [0.25, 0.3) is 0 Å². The molecule has 22 heavy (non-hydrogen) atoms. The van der Waals surface area contributed by atoms with Crippen LogP contribution in [-0.2, 0) is 19.6 Å². The van der Waals surface area contributed by atoms with Gasteiger partial charge in [-0.3, -0.25) is 9.52 Å². The van der Waals surface area contributed by atoms with E-state index in [2.05, 4.69) is 9.46 Å². The van der Waals surface area contributed by atoms with Gasteiger partial charge in [-0.05, 0) is 43.0 Å². The van der Waals surface area contributed by atoms with E-state index in [1.165, 1.54) is 7.11 Å². The number of rotatable bonds is 6. The molecule has 0 aliphatic heterocycles. The highest BCUT2D eigenvalue weighted by Gasteiger charge is 2.37. The Hall–Kier alpha value is -1.76. The van der Waals surface area contributed by atoms with Crippen LogP contribution in [-0.4, -0.2) is 33.9 Å². The molecule has 1 rings (SSSR count). The largest absolute Gasteiger partial charge is 0.497 e. The number of aryl methyl sites for hydroxylation is 2. The quantitative estimate of drug-likeness (QED) is 0.810. The average molecular weight is 329 g/mol. The molecule has 1 N–H and O–H groups in total. The van der Waals surface area contributed by atoms with Crippen molar-refractivity contribution in [3.8, 4) is 5.75 Å². The van der Waals surface area contributed by atoms with Crippen molar-refractivity contribution < 1.29 is 22.7 Å². The van der Waals surface area contributed by atoms with Crippen molar-refractivity contribution in [1.82, 2.24) is 0 Å². The van der Waals surface area contributed by atoms with Crippen LogP contribution < -0.4 is 9.46 Å². The molecule has 6 nitrogen and oxygen atoms in total. The molecule has 0 amide bonds. The molecule has 0 saturated carbocycles. The maximum Gasteiger partial charge on any atom is 0.326 e. The number of sulfonamides is 1. The summed E-state index contributed by atoms with van der Waals surface area (Å²) in [6.07, 6.45) is 0. The molecule has 1 aromatic rings. The fourth-order valence-electron chi connectivity index (χ4n) is 2.28. The Labute approximate surface area is 131 Å². The summed E-state index contributed by atoms with van der Waals surface area (Å²) < 4.78 is 37.4. The molecule has 0 spiro atoms. The number of hydrogen-bond acceptors (Lipinski definition) is 5. The summed E-state index contributed by atoms with van der Waals surface area (Å²) in [5, 5.41) is -1.27. The van der Waals surface area contributed by atoms with Gasteiger partial charge in [0.05, 0.1) is 19.9 Å². The van der Waals surface area contributed by atoms with E-state index in [-0.39, 0.29) is 0 Å². The van der Waals surface area contributed by atoms with Gasteiger partial charge in [-0.1, -0.05) is 13.8 Å². The Morgan fingerprint density at radius 3 is 2.00 bits per heavy atom. The number of carbonyl (C=O) groups excluding carboxylic acids is 1. The van der Waals surface area contributed by atoms with E-state index in [0.717, 1.165) is 0 Å². The molecule has 0 heterocycles. The van der Waals surface area contributed by atoms with Crippen molar-refractivity contribution in [3.63, 3.8) is 0 Å². The molecule has 1 aromatic carbocycles. The molecule has 1 atom stereocenters. The van der Waals surface area contributed by atoms with Crippen LogP contribution in [0.4, 0.5) is 5.69 Å². The Kier molecular flexibility index (Phi) is 5.82. The Morgan fingerprint density at radius 2 is 1.64 bits per heavy atom. The van der Waals surface area contributed by atoms with Gasteiger partial charge in [0.2, 0.25) is 10.0 Å². The minimum Gasteiger partial charge on any atom is -0.497 e. The van der Waals surface area contributed by atoms with Crippen molar-refractivity contribution in [2.45, 2.75) is 32.9 Å². The van der Waals surface area contributed by atoms with Crippen LogP contribution in [0.3, 0.4) is 0 Å². The fraction of sp³-hybridized carbons (Fsp3) is 0.533. The predicted octanol–water partition coefficient (Wildman–Crippen LogP) is 2.25. The lowest BCUT2D eigenvalue weighted by Gasteiger charge is -2.21. The summed E-state index contributed by atoms with van der Waals surface area (Å²) in [7, 11) is -1.19. The van der Waals surface area contributed by atoms with E-state index < -0.39 is 27.2 Å². The lowest BCUT2D eigenvalue weighted by Crippen LogP contribution is -2.39. The molecule has 0 saturated heterocycles. The van der Waals surface area contributed by atoms with Crippen molar-refractivity contribution in [1.29, 1.82) is 0 Å². The Morgan fingerprint density at radius 1 is 1.14 bits per heavy atom. The minimum absolute atomic E-state index is 0.413. The van der Waals surface area contributed by atoms with Crippen LogP contribution in [0.5, 0.6) is 5.75 Å². The van der Waals surface area contributed by atoms with Gasteiger partial charge < -0.3 is 9.47 Å². The van der Waals surface area contributed by atoms with Crippen LogP contribution in [0.1, 0.15) is 25.0 Å². The molecule has 0 aliphatic carbocycles. The Bertz CT molecular complexity index is 629. The number of ether oxygens (including phenoxy) is 2. The van der Waals surface area contributed by atoms with E-state index in [9.17, 15) is 13.2 Å². The van der Waals surface area contributed by atoms with Crippen molar-refractivity contribution in [3.05, 3.63) is 23.3 Å². The van der Waals surface area contributed by atoms with E-state index >= 15 is 0 Å². The topological polar surface area (TPSA) is 81.7 Å². The van der Waals surface area contributed by atoms with Crippen molar-refractivity contribution >= 4 is 21.7 Å². The third-order valence-corrected chi connectivity index (χ3v) is 5.25. The zero-order valence-electron chi connectivity index (χ0n) is 13.8. The number of methoxy groups -OCH3 is 2. The number of anilines is 1. The second-order valence-electron chi connectivity index (χ2n) is 5.47. The first-order valence-corrected chi connectivity index (χ1v) is 8.43. The summed E-state index contributed by atoms with van der Waals surface area (Å²) in [4.78, 5) is 11.8. The van der Waals surface area contributed by atoms with E-state index in [1.54, 1.807) is 46.9 Å². The summed E-state index contributed by atoms with van der Waals surface area (Å²) in [6, 6.07) is 3.46. The first-order valence-electron chi connectivity index (χ1n) is 6.88. The first-order chi connectivity index (χ1) is 10.1. The minimum atomic E-state index is -3.92. The van der Waals surface area contributed by atoms with Gasteiger partial charge in [0.25, 0.3) is 0 Å².